The highest BCUT2D eigenvalue weighted by Gasteiger charge is 2.27. The van der Waals surface area contributed by atoms with Crippen molar-refractivity contribution in [3.63, 3.8) is 0 Å². The van der Waals surface area contributed by atoms with Gasteiger partial charge in [0.2, 0.25) is 5.95 Å². The number of aryl methyl sites for hydroxylation is 1. The number of hydrogen-bond donors (Lipinski definition) is 1. The van der Waals surface area contributed by atoms with Crippen LogP contribution in [0.5, 0.6) is 0 Å². The number of aromatic nitrogens is 2. The Kier molecular flexibility index (Phi) is 5.51. The summed E-state index contributed by atoms with van der Waals surface area (Å²) in [6.45, 7) is 3.19. The molecule has 148 valence electrons. The Morgan fingerprint density at radius 1 is 1.14 bits per heavy atom. The van der Waals surface area contributed by atoms with E-state index in [1.54, 1.807) is 23.2 Å². The molecular formula is C23H23FN4O. The molecule has 0 spiro atoms. The zero-order valence-corrected chi connectivity index (χ0v) is 16.3. The molecule has 0 aliphatic carbocycles. The van der Waals surface area contributed by atoms with Crippen molar-refractivity contribution < 1.29 is 9.18 Å². The van der Waals surface area contributed by atoms with Crippen LogP contribution in [0, 0.1) is 12.7 Å². The summed E-state index contributed by atoms with van der Waals surface area (Å²) in [5, 5.41) is 3.23. The lowest BCUT2D eigenvalue weighted by Crippen LogP contribution is -2.39. The van der Waals surface area contributed by atoms with Crippen molar-refractivity contribution in [3.8, 4) is 0 Å². The first-order valence-corrected chi connectivity index (χ1v) is 9.80. The van der Waals surface area contributed by atoms with Gasteiger partial charge in [-0.25, -0.2) is 14.4 Å². The third-order valence-corrected chi connectivity index (χ3v) is 5.22. The Balaban J connectivity index is 1.49. The third-order valence-electron chi connectivity index (χ3n) is 5.22. The molecule has 6 heteroatoms. The van der Waals surface area contributed by atoms with Crippen molar-refractivity contribution in [2.24, 2.45) is 0 Å². The highest BCUT2D eigenvalue weighted by molar-refractivity contribution is 5.94. The van der Waals surface area contributed by atoms with Crippen LogP contribution < -0.4 is 5.32 Å². The number of carbonyl (C=O) groups excluding carboxylic acids is 1. The maximum Gasteiger partial charge on any atom is 0.256 e. The topological polar surface area (TPSA) is 58.1 Å². The van der Waals surface area contributed by atoms with E-state index in [4.69, 9.17) is 0 Å². The van der Waals surface area contributed by atoms with Crippen molar-refractivity contribution in [2.75, 3.05) is 18.4 Å². The van der Waals surface area contributed by atoms with Gasteiger partial charge in [0, 0.05) is 30.9 Å². The summed E-state index contributed by atoms with van der Waals surface area (Å²) >= 11 is 0. The van der Waals surface area contributed by atoms with Crippen LogP contribution >= 0.6 is 0 Å². The molecule has 1 N–H and O–H groups in total. The number of benzene rings is 2. The lowest BCUT2D eigenvalue weighted by atomic mass is 9.94. The molecule has 2 aromatic carbocycles. The van der Waals surface area contributed by atoms with Crippen LogP contribution in [-0.2, 0) is 0 Å². The van der Waals surface area contributed by atoms with E-state index in [1.165, 1.54) is 17.7 Å². The van der Waals surface area contributed by atoms with Gasteiger partial charge in [0.25, 0.3) is 5.91 Å². The van der Waals surface area contributed by atoms with Gasteiger partial charge in [-0.05, 0) is 50.1 Å². The summed E-state index contributed by atoms with van der Waals surface area (Å²) in [5.74, 6) is -0.115. The first-order chi connectivity index (χ1) is 14.1. The van der Waals surface area contributed by atoms with Crippen LogP contribution in [0.1, 0.15) is 40.4 Å². The number of nitrogens with one attached hydrogen (secondary N) is 1. The van der Waals surface area contributed by atoms with Crippen LogP contribution in [0.2, 0.25) is 0 Å². The number of halogens is 1. The van der Waals surface area contributed by atoms with E-state index in [0.29, 0.717) is 19.0 Å². The van der Waals surface area contributed by atoms with E-state index >= 15 is 0 Å². The molecular weight excluding hydrogens is 367 g/mol. The predicted octanol–water partition coefficient (Wildman–Crippen LogP) is 4.69. The Hall–Kier alpha value is -3.28. The normalized spacial score (nSPS) is 16.5. The molecule has 1 amide bonds. The highest BCUT2D eigenvalue weighted by atomic mass is 19.1. The van der Waals surface area contributed by atoms with Gasteiger partial charge in [0.15, 0.2) is 0 Å². The number of carbonyl (C=O) groups is 1. The van der Waals surface area contributed by atoms with E-state index in [2.05, 4.69) is 15.3 Å². The molecule has 4 rings (SSSR count). The lowest BCUT2D eigenvalue weighted by molar-refractivity contribution is 0.0701. The standard InChI is InChI=1S/C23H23FN4O/c1-16-8-10-18(11-9-16)26-23-25-13-12-21(27-23)17-5-4-14-28(15-17)22(29)19-6-2-3-7-20(19)24/h2-3,6-13,17H,4-5,14-15H2,1H3,(H,25,26,27)/t17-/m0/s1. The Morgan fingerprint density at radius 3 is 2.72 bits per heavy atom. The van der Waals surface area contributed by atoms with Gasteiger partial charge in [-0.15, -0.1) is 0 Å². The van der Waals surface area contributed by atoms with Gasteiger partial charge in [-0.3, -0.25) is 4.79 Å². The number of nitrogens with zero attached hydrogens (tertiary/aromatic N) is 3. The second-order valence-electron chi connectivity index (χ2n) is 7.37. The minimum absolute atomic E-state index is 0.0982. The molecule has 1 aliphatic heterocycles. The maximum atomic E-state index is 14.0. The summed E-state index contributed by atoms with van der Waals surface area (Å²) in [6, 6.07) is 16.1. The molecule has 1 atom stereocenters. The van der Waals surface area contributed by atoms with Crippen LogP contribution in [0.15, 0.2) is 60.8 Å². The molecule has 0 saturated carbocycles. The molecule has 29 heavy (non-hydrogen) atoms. The SMILES string of the molecule is Cc1ccc(Nc2nccc([C@H]3CCCN(C(=O)c4ccccc4F)C3)n2)cc1. The summed E-state index contributed by atoms with van der Waals surface area (Å²) < 4.78 is 14.0. The fraction of sp³-hybridized carbons (Fsp3) is 0.261. The van der Waals surface area contributed by atoms with Gasteiger partial charge in [-0.1, -0.05) is 29.8 Å². The Bertz CT molecular complexity index is 1010. The van der Waals surface area contributed by atoms with Crippen molar-refractivity contribution in [1.82, 2.24) is 14.9 Å². The molecule has 1 aliphatic rings. The quantitative estimate of drug-likeness (QED) is 0.702. The van der Waals surface area contributed by atoms with E-state index in [0.717, 1.165) is 24.2 Å². The summed E-state index contributed by atoms with van der Waals surface area (Å²) in [4.78, 5) is 23.5. The third kappa shape index (κ3) is 4.42. The zero-order chi connectivity index (χ0) is 20.2. The van der Waals surface area contributed by atoms with E-state index in [1.807, 2.05) is 37.3 Å². The summed E-state index contributed by atoms with van der Waals surface area (Å²) in [7, 11) is 0. The van der Waals surface area contributed by atoms with Crippen LogP contribution in [-0.4, -0.2) is 33.9 Å². The molecule has 2 heterocycles. The summed E-state index contributed by atoms with van der Waals surface area (Å²) in [5.41, 5.74) is 3.12. The fourth-order valence-electron chi connectivity index (χ4n) is 3.63. The number of amides is 1. The maximum absolute atomic E-state index is 14.0. The minimum atomic E-state index is -0.480. The van der Waals surface area contributed by atoms with E-state index in [-0.39, 0.29) is 17.4 Å². The largest absolute Gasteiger partial charge is 0.338 e. The average molecular weight is 390 g/mol. The van der Waals surface area contributed by atoms with E-state index < -0.39 is 5.82 Å². The van der Waals surface area contributed by atoms with Crippen LogP contribution in [0.4, 0.5) is 16.0 Å². The van der Waals surface area contributed by atoms with Crippen molar-refractivity contribution in [2.45, 2.75) is 25.7 Å². The Labute approximate surface area is 169 Å². The lowest BCUT2D eigenvalue weighted by Gasteiger charge is -2.32. The van der Waals surface area contributed by atoms with Crippen LogP contribution in [0.3, 0.4) is 0 Å². The number of piperidine rings is 1. The van der Waals surface area contributed by atoms with Gasteiger partial charge in [0.05, 0.1) is 11.3 Å². The molecule has 0 radical (unpaired) electrons. The number of anilines is 2. The summed E-state index contributed by atoms with van der Waals surface area (Å²) in [6.07, 6.45) is 3.52. The average Bonchev–Trinajstić information content (AvgIpc) is 2.76. The molecule has 1 fully saturated rings. The fourth-order valence-corrected chi connectivity index (χ4v) is 3.63. The second kappa shape index (κ2) is 8.39. The molecule has 0 unspecified atom stereocenters. The minimum Gasteiger partial charge on any atom is -0.338 e. The van der Waals surface area contributed by atoms with Crippen molar-refractivity contribution in [1.29, 1.82) is 0 Å². The zero-order valence-electron chi connectivity index (χ0n) is 16.3. The number of hydrogen-bond acceptors (Lipinski definition) is 4. The number of likely N-dealkylation sites (tertiary alicyclic amines) is 1. The molecule has 5 nitrogen and oxygen atoms in total. The molecule has 1 aromatic heterocycles. The monoisotopic (exact) mass is 390 g/mol. The van der Waals surface area contributed by atoms with Crippen molar-refractivity contribution >= 4 is 17.5 Å². The van der Waals surface area contributed by atoms with Gasteiger partial charge >= 0.3 is 0 Å². The molecule has 1 saturated heterocycles. The van der Waals surface area contributed by atoms with Crippen LogP contribution in [0.25, 0.3) is 0 Å². The van der Waals surface area contributed by atoms with E-state index in [9.17, 15) is 9.18 Å². The van der Waals surface area contributed by atoms with Crippen molar-refractivity contribution in [3.05, 3.63) is 83.4 Å². The highest BCUT2D eigenvalue weighted by Crippen LogP contribution is 2.27. The molecule has 0 bridgehead atoms. The van der Waals surface area contributed by atoms with Gasteiger partial charge in [-0.2, -0.15) is 0 Å². The first-order valence-electron chi connectivity index (χ1n) is 9.80. The van der Waals surface area contributed by atoms with Gasteiger partial charge in [0.1, 0.15) is 5.82 Å². The smallest absolute Gasteiger partial charge is 0.256 e. The second-order valence-corrected chi connectivity index (χ2v) is 7.37. The Morgan fingerprint density at radius 2 is 1.93 bits per heavy atom. The number of rotatable bonds is 4. The molecule has 3 aromatic rings. The first kappa shape index (κ1) is 19.1. The predicted molar refractivity (Wildman–Crippen MR) is 111 cm³/mol. The van der Waals surface area contributed by atoms with Gasteiger partial charge < -0.3 is 10.2 Å².